The smallest absolute Gasteiger partial charge is 0.422 e. The highest BCUT2D eigenvalue weighted by atomic mass is 32.2. The van der Waals surface area contributed by atoms with Crippen molar-refractivity contribution in [3.05, 3.63) is 83.5 Å². The highest BCUT2D eigenvalue weighted by molar-refractivity contribution is 7.98. The number of pyridine rings is 2. The Hall–Kier alpha value is -4.06. The molecule has 2 N–H and O–H groups in total. The monoisotopic (exact) mass is 545 g/mol. The van der Waals surface area contributed by atoms with Crippen LogP contribution in [0.25, 0.3) is 0 Å². The molecule has 0 aliphatic heterocycles. The van der Waals surface area contributed by atoms with Crippen LogP contribution in [0.15, 0.2) is 82.4 Å². The molecule has 0 atom stereocenters. The number of amides is 1. The second-order valence-corrected chi connectivity index (χ2v) is 9.00. The number of alkyl halides is 3. The first-order chi connectivity index (χ1) is 18.0. The Kier molecular flexibility index (Phi) is 9.72. The molecule has 0 aliphatic carbocycles. The van der Waals surface area contributed by atoms with Crippen LogP contribution in [0, 0.1) is 0 Å². The summed E-state index contributed by atoms with van der Waals surface area (Å²) in [6.07, 6.45) is -1.48. The molecular formula is C26H26F3N5O3S. The zero-order valence-electron chi connectivity index (χ0n) is 21.1. The van der Waals surface area contributed by atoms with Gasteiger partial charge < -0.3 is 20.1 Å². The second kappa shape index (κ2) is 13.0. The van der Waals surface area contributed by atoms with Crippen molar-refractivity contribution < 1.29 is 27.4 Å². The number of benzene rings is 1. The number of aliphatic imine (C=N–C) groups is 1. The Balaban J connectivity index is 1.74. The number of ether oxygens (including phenoxy) is 2. The minimum Gasteiger partial charge on any atom is -0.422 e. The molecule has 2 aromatic heterocycles. The van der Waals surface area contributed by atoms with Crippen molar-refractivity contribution in [2.45, 2.75) is 37.9 Å². The van der Waals surface area contributed by atoms with Crippen LogP contribution < -0.4 is 15.4 Å². The summed E-state index contributed by atoms with van der Waals surface area (Å²) in [6, 6.07) is 12.6. The second-order valence-electron chi connectivity index (χ2n) is 8.03. The van der Waals surface area contributed by atoms with Gasteiger partial charge in [-0.1, -0.05) is 0 Å². The summed E-state index contributed by atoms with van der Waals surface area (Å²) in [5.74, 6) is 1.15. The fourth-order valence-corrected chi connectivity index (χ4v) is 4.00. The molecule has 0 saturated carbocycles. The largest absolute Gasteiger partial charge is 0.573 e. The van der Waals surface area contributed by atoms with E-state index in [0.717, 1.165) is 11.1 Å². The molecule has 3 rings (SSSR count). The fraction of sp³-hybridized carbons (Fsp3) is 0.231. The maximum atomic E-state index is 12.4. The predicted molar refractivity (Wildman–Crippen MR) is 141 cm³/mol. The van der Waals surface area contributed by atoms with Gasteiger partial charge in [-0.25, -0.2) is 9.97 Å². The maximum absolute atomic E-state index is 12.4. The number of anilines is 2. The lowest BCUT2D eigenvalue weighted by Crippen LogP contribution is -2.17. The third-order valence-electron chi connectivity index (χ3n) is 4.71. The van der Waals surface area contributed by atoms with Crippen LogP contribution in [0.2, 0.25) is 0 Å². The quantitative estimate of drug-likeness (QED) is 0.139. The van der Waals surface area contributed by atoms with Gasteiger partial charge in [-0.05, 0) is 73.5 Å². The van der Waals surface area contributed by atoms with E-state index in [1.807, 2.05) is 26.0 Å². The number of rotatable bonds is 9. The number of halogens is 3. The van der Waals surface area contributed by atoms with Crippen LogP contribution in [0.5, 0.6) is 5.75 Å². The number of hydrogen-bond donors (Lipinski definition) is 2. The molecule has 200 valence electrons. The summed E-state index contributed by atoms with van der Waals surface area (Å²) in [7, 11) is 1.59. The van der Waals surface area contributed by atoms with E-state index in [0.29, 0.717) is 39.6 Å². The third-order valence-corrected chi connectivity index (χ3v) is 5.78. The Morgan fingerprint density at radius 3 is 2.39 bits per heavy atom. The lowest BCUT2D eigenvalue weighted by molar-refractivity contribution is -0.274. The Bertz CT molecular complexity index is 1320. The molecule has 2 heterocycles. The minimum absolute atomic E-state index is 0.204. The van der Waals surface area contributed by atoms with Crippen LogP contribution in [-0.4, -0.2) is 35.2 Å². The molecule has 0 radical (unpaired) electrons. The summed E-state index contributed by atoms with van der Waals surface area (Å²) in [5.41, 5.74) is 2.87. The van der Waals surface area contributed by atoms with Crippen molar-refractivity contribution in [1.29, 1.82) is 0 Å². The number of aromatic nitrogens is 2. The van der Waals surface area contributed by atoms with E-state index in [4.69, 9.17) is 4.74 Å². The maximum Gasteiger partial charge on any atom is 0.573 e. The zero-order chi connectivity index (χ0) is 27.7. The summed E-state index contributed by atoms with van der Waals surface area (Å²) >= 11 is 1.46. The van der Waals surface area contributed by atoms with Crippen molar-refractivity contribution in [2.75, 3.05) is 17.7 Å². The number of carbonyl (C=O) groups is 1. The van der Waals surface area contributed by atoms with Gasteiger partial charge in [0.15, 0.2) is 5.88 Å². The first kappa shape index (κ1) is 28.5. The first-order valence-corrected chi connectivity index (χ1v) is 12.3. The molecular weight excluding hydrogens is 519 g/mol. The van der Waals surface area contributed by atoms with Crippen LogP contribution in [0.3, 0.4) is 0 Å². The van der Waals surface area contributed by atoms with Crippen molar-refractivity contribution in [3.8, 4) is 5.75 Å². The van der Waals surface area contributed by atoms with Crippen molar-refractivity contribution in [2.24, 2.45) is 4.99 Å². The molecule has 0 saturated heterocycles. The number of thioether (sulfide) groups is 1. The zero-order valence-corrected chi connectivity index (χ0v) is 21.9. The van der Waals surface area contributed by atoms with E-state index in [-0.39, 0.29) is 11.7 Å². The standard InChI is InChI=1S/C26H26F3N5O3S/c1-16(2)23(34-19-7-9-20(10-8-19)37-26(27,28)29)36-24(30-4)21-6-5-12-32-25(21)38-15-18-11-13-31-22(14-18)33-17(3)35/h5-14,34H,15H2,1-4H3,(H,31,33,35). The van der Waals surface area contributed by atoms with Gasteiger partial charge in [-0.2, -0.15) is 0 Å². The number of hydrogen-bond acceptors (Lipinski definition) is 8. The Morgan fingerprint density at radius 1 is 1.03 bits per heavy atom. The van der Waals surface area contributed by atoms with Gasteiger partial charge in [0, 0.05) is 37.8 Å². The molecule has 12 heteroatoms. The van der Waals surface area contributed by atoms with Gasteiger partial charge in [0.1, 0.15) is 16.6 Å². The van der Waals surface area contributed by atoms with Crippen molar-refractivity contribution >= 4 is 35.1 Å². The van der Waals surface area contributed by atoms with E-state index >= 15 is 0 Å². The van der Waals surface area contributed by atoms with Gasteiger partial charge in [0.05, 0.1) is 5.56 Å². The third kappa shape index (κ3) is 8.80. The van der Waals surface area contributed by atoms with E-state index in [1.165, 1.54) is 43.0 Å². The molecule has 1 aromatic carbocycles. The van der Waals surface area contributed by atoms with Crippen LogP contribution in [0.4, 0.5) is 24.7 Å². The molecule has 1 amide bonds. The molecule has 0 fully saturated rings. The lowest BCUT2D eigenvalue weighted by atomic mass is 10.2. The number of nitrogens with one attached hydrogen (secondary N) is 2. The summed E-state index contributed by atoms with van der Waals surface area (Å²) in [6.45, 7) is 5.07. The van der Waals surface area contributed by atoms with E-state index in [9.17, 15) is 18.0 Å². The average Bonchev–Trinajstić information content (AvgIpc) is 2.85. The number of carbonyl (C=O) groups excluding carboxylic acids is 1. The SMILES string of the molecule is CN=C(OC(Nc1ccc(OC(F)(F)F)cc1)=C(C)C)c1cccnc1SCc1ccnc(NC(C)=O)c1. The predicted octanol–water partition coefficient (Wildman–Crippen LogP) is 6.38. The van der Waals surface area contributed by atoms with Gasteiger partial charge in [-0.15, -0.1) is 24.9 Å². The molecule has 0 spiro atoms. The van der Waals surface area contributed by atoms with Gasteiger partial charge in [-0.3, -0.25) is 9.79 Å². The fourth-order valence-electron chi connectivity index (χ4n) is 3.07. The number of nitrogens with zero attached hydrogens (tertiary/aromatic N) is 3. The summed E-state index contributed by atoms with van der Waals surface area (Å²) < 4.78 is 47.4. The number of allylic oxidation sites excluding steroid dienone is 1. The van der Waals surface area contributed by atoms with Crippen LogP contribution >= 0.6 is 11.8 Å². The van der Waals surface area contributed by atoms with Crippen LogP contribution in [-0.2, 0) is 15.3 Å². The van der Waals surface area contributed by atoms with Crippen LogP contribution in [0.1, 0.15) is 31.9 Å². The molecule has 8 nitrogen and oxygen atoms in total. The summed E-state index contributed by atoms with van der Waals surface area (Å²) in [4.78, 5) is 24.2. The van der Waals surface area contributed by atoms with Gasteiger partial charge >= 0.3 is 6.36 Å². The topological polar surface area (TPSA) is 97.7 Å². The lowest BCUT2D eigenvalue weighted by Gasteiger charge is -2.17. The minimum atomic E-state index is -4.76. The molecule has 3 aromatic rings. The first-order valence-electron chi connectivity index (χ1n) is 11.3. The molecule has 0 aliphatic rings. The highest BCUT2D eigenvalue weighted by Gasteiger charge is 2.31. The van der Waals surface area contributed by atoms with E-state index < -0.39 is 6.36 Å². The Labute approximate surface area is 222 Å². The highest BCUT2D eigenvalue weighted by Crippen LogP contribution is 2.28. The summed E-state index contributed by atoms with van der Waals surface area (Å²) in [5, 5.41) is 6.41. The van der Waals surface area contributed by atoms with E-state index in [1.54, 1.807) is 31.6 Å². The average molecular weight is 546 g/mol. The molecule has 0 unspecified atom stereocenters. The van der Waals surface area contributed by atoms with Crippen molar-refractivity contribution in [1.82, 2.24) is 9.97 Å². The van der Waals surface area contributed by atoms with E-state index in [2.05, 4.69) is 30.3 Å². The van der Waals surface area contributed by atoms with Crippen molar-refractivity contribution in [3.63, 3.8) is 0 Å². The molecule has 0 bridgehead atoms. The Morgan fingerprint density at radius 2 is 1.76 bits per heavy atom. The van der Waals surface area contributed by atoms with Gasteiger partial charge in [0.2, 0.25) is 11.8 Å². The normalized spacial score (nSPS) is 11.5. The molecule has 38 heavy (non-hydrogen) atoms. The van der Waals surface area contributed by atoms with Gasteiger partial charge in [0.25, 0.3) is 0 Å².